The molecule has 0 unspecified atom stereocenters. The van der Waals surface area contributed by atoms with Crippen LogP contribution in [-0.2, 0) is 49.5 Å². The summed E-state index contributed by atoms with van der Waals surface area (Å²) in [6, 6.07) is 9.18. The average Bonchev–Trinajstić information content (AvgIpc) is 3.36. The number of carbonyl (C=O) groups is 4. The molecular weight excluding hydrogens is 530 g/mol. The van der Waals surface area contributed by atoms with Gasteiger partial charge in [-0.2, -0.15) is 0 Å². The second kappa shape index (κ2) is 12.5. The van der Waals surface area contributed by atoms with Gasteiger partial charge in [0.1, 0.15) is 24.0 Å². The third-order valence-electron chi connectivity index (χ3n) is 5.62. The van der Waals surface area contributed by atoms with Gasteiger partial charge in [-0.15, -0.1) is 15.0 Å². The zero-order chi connectivity index (χ0) is 28.8. The van der Waals surface area contributed by atoms with Crippen LogP contribution in [0.3, 0.4) is 0 Å². The Morgan fingerprint density at radius 2 is 1.55 bits per heavy atom. The van der Waals surface area contributed by atoms with Gasteiger partial charge in [-0.1, -0.05) is 18.2 Å². The number of fused-ring (bicyclic) bond motifs is 1. The van der Waals surface area contributed by atoms with Crippen molar-refractivity contribution in [2.45, 2.75) is 64.9 Å². The maximum atomic E-state index is 12.0. The summed E-state index contributed by atoms with van der Waals surface area (Å²) in [7, 11) is 0. The molecule has 4 rings (SSSR count). The fraction of sp³-hybridized carbons (Fsp3) is 0.440. The number of para-hydroxylation sites is 1. The van der Waals surface area contributed by atoms with Gasteiger partial charge in [0.2, 0.25) is 12.1 Å². The van der Waals surface area contributed by atoms with Gasteiger partial charge in [0, 0.05) is 39.3 Å². The third-order valence-corrected chi connectivity index (χ3v) is 5.62. The standard InChI is InChI=1S/C25H27N5O10/c1-13(31)35-11-19-22(37-14(2)32)23(38-15(3)33)24(39-16(4)34)25(40-19)30-28-20(27-29-30)12-36-18-9-5-7-17-8-6-10-26-21(17)18/h5-10,19,22-25H,11-12H2,1-4H3/t19-,22-,23+,24-,25-/m1/s1. The maximum absolute atomic E-state index is 12.0. The van der Waals surface area contributed by atoms with E-state index in [4.69, 9.17) is 28.4 Å². The molecule has 0 radical (unpaired) electrons. The lowest BCUT2D eigenvalue weighted by Crippen LogP contribution is -2.60. The Morgan fingerprint density at radius 3 is 2.25 bits per heavy atom. The first kappa shape index (κ1) is 28.4. The summed E-state index contributed by atoms with van der Waals surface area (Å²) < 4.78 is 33.2. The molecule has 40 heavy (non-hydrogen) atoms. The number of pyridine rings is 1. The molecule has 3 aromatic rings. The van der Waals surface area contributed by atoms with E-state index in [1.807, 2.05) is 24.3 Å². The first-order valence-electron chi connectivity index (χ1n) is 12.2. The molecule has 1 aliphatic rings. The Balaban J connectivity index is 1.63. The minimum absolute atomic E-state index is 0.0963. The summed E-state index contributed by atoms with van der Waals surface area (Å²) in [5.41, 5.74) is 0.650. The largest absolute Gasteiger partial charge is 0.483 e. The van der Waals surface area contributed by atoms with E-state index < -0.39 is 54.5 Å². The van der Waals surface area contributed by atoms with E-state index in [9.17, 15) is 19.2 Å². The second-order valence-corrected chi connectivity index (χ2v) is 8.74. The number of benzene rings is 1. The van der Waals surface area contributed by atoms with E-state index in [2.05, 4.69) is 20.4 Å². The van der Waals surface area contributed by atoms with E-state index in [1.165, 1.54) is 6.92 Å². The number of ether oxygens (including phenoxy) is 6. The van der Waals surface area contributed by atoms with Gasteiger partial charge in [0.15, 0.2) is 24.9 Å². The quantitative estimate of drug-likeness (QED) is 0.269. The van der Waals surface area contributed by atoms with E-state index in [1.54, 1.807) is 12.3 Å². The normalized spacial score (nSPS) is 22.2. The molecule has 1 fully saturated rings. The first-order valence-corrected chi connectivity index (χ1v) is 12.2. The summed E-state index contributed by atoms with van der Waals surface area (Å²) in [5, 5.41) is 13.2. The maximum Gasteiger partial charge on any atom is 0.303 e. The van der Waals surface area contributed by atoms with Crippen molar-refractivity contribution >= 4 is 34.8 Å². The van der Waals surface area contributed by atoms with Gasteiger partial charge in [-0.25, -0.2) is 0 Å². The van der Waals surface area contributed by atoms with Crippen molar-refractivity contribution in [3.05, 3.63) is 42.4 Å². The van der Waals surface area contributed by atoms with Crippen LogP contribution in [0.4, 0.5) is 0 Å². The van der Waals surface area contributed by atoms with Gasteiger partial charge >= 0.3 is 23.9 Å². The smallest absolute Gasteiger partial charge is 0.303 e. The molecule has 0 amide bonds. The predicted molar refractivity (Wildman–Crippen MR) is 131 cm³/mol. The molecule has 0 N–H and O–H groups in total. The van der Waals surface area contributed by atoms with Crippen LogP contribution in [0, 0.1) is 0 Å². The molecule has 0 spiro atoms. The summed E-state index contributed by atoms with van der Waals surface area (Å²) >= 11 is 0. The van der Waals surface area contributed by atoms with Crippen LogP contribution in [-0.4, -0.2) is 80.1 Å². The predicted octanol–water partition coefficient (Wildman–Crippen LogP) is 1.06. The lowest BCUT2D eigenvalue weighted by atomic mass is 9.97. The number of tetrazole rings is 1. The molecule has 0 aliphatic carbocycles. The molecule has 212 valence electrons. The molecule has 15 heteroatoms. The average molecular weight is 558 g/mol. The van der Waals surface area contributed by atoms with Crippen molar-refractivity contribution in [2.24, 2.45) is 0 Å². The second-order valence-electron chi connectivity index (χ2n) is 8.74. The highest BCUT2D eigenvalue weighted by atomic mass is 16.7. The van der Waals surface area contributed by atoms with Crippen LogP contribution in [0.15, 0.2) is 36.5 Å². The molecule has 2 aromatic heterocycles. The summed E-state index contributed by atoms with van der Waals surface area (Å²) in [4.78, 5) is 52.8. The zero-order valence-corrected chi connectivity index (χ0v) is 22.1. The van der Waals surface area contributed by atoms with Crippen LogP contribution in [0.2, 0.25) is 0 Å². The van der Waals surface area contributed by atoms with Gasteiger partial charge in [0.05, 0.1) is 0 Å². The summed E-state index contributed by atoms with van der Waals surface area (Å²) in [6.07, 6.45) is -4.86. The van der Waals surface area contributed by atoms with Gasteiger partial charge < -0.3 is 28.4 Å². The molecule has 1 aromatic carbocycles. The number of hydrogen-bond donors (Lipinski definition) is 0. The van der Waals surface area contributed by atoms with Crippen LogP contribution in [0.1, 0.15) is 39.7 Å². The lowest BCUT2D eigenvalue weighted by molar-refractivity contribution is -0.272. The van der Waals surface area contributed by atoms with Crippen molar-refractivity contribution in [2.75, 3.05) is 6.61 Å². The topological polar surface area (TPSA) is 180 Å². The molecule has 5 atom stereocenters. The number of rotatable bonds is 9. The van der Waals surface area contributed by atoms with Crippen LogP contribution < -0.4 is 4.74 Å². The van der Waals surface area contributed by atoms with Gasteiger partial charge in [-0.05, 0) is 17.3 Å². The molecular formula is C25H27N5O10. The van der Waals surface area contributed by atoms with Gasteiger partial charge in [0.25, 0.3) is 0 Å². The molecule has 0 saturated carbocycles. The summed E-state index contributed by atoms with van der Waals surface area (Å²) in [6.45, 7) is 4.11. The highest BCUT2D eigenvalue weighted by Gasteiger charge is 2.53. The Kier molecular flexibility index (Phi) is 8.83. The highest BCUT2D eigenvalue weighted by Crippen LogP contribution is 2.34. The molecule has 3 heterocycles. The molecule has 0 bridgehead atoms. The number of carbonyl (C=O) groups excluding carboxylic acids is 4. The molecule has 1 aliphatic heterocycles. The van der Waals surface area contributed by atoms with E-state index >= 15 is 0 Å². The zero-order valence-electron chi connectivity index (χ0n) is 22.1. The Hall–Kier alpha value is -4.66. The third kappa shape index (κ3) is 6.85. The minimum Gasteiger partial charge on any atom is -0.483 e. The van der Waals surface area contributed by atoms with Crippen LogP contribution in [0.5, 0.6) is 5.75 Å². The van der Waals surface area contributed by atoms with E-state index in [0.717, 1.165) is 31.0 Å². The minimum atomic E-state index is -1.37. The lowest BCUT2D eigenvalue weighted by Gasteiger charge is -2.43. The van der Waals surface area contributed by atoms with Crippen molar-refractivity contribution < 1.29 is 47.6 Å². The number of esters is 4. The first-order chi connectivity index (χ1) is 19.1. The molecule has 15 nitrogen and oxygen atoms in total. The SMILES string of the molecule is CC(=O)OC[C@H]1O[C@@H](n2nnc(COc3cccc4cccnc34)n2)[C@H](OC(C)=O)[C@@H](OC(C)=O)[C@@H]1OC(C)=O. The van der Waals surface area contributed by atoms with E-state index in [-0.39, 0.29) is 19.0 Å². The van der Waals surface area contributed by atoms with Crippen molar-refractivity contribution in [1.82, 2.24) is 25.2 Å². The summed E-state index contributed by atoms with van der Waals surface area (Å²) in [5.74, 6) is -2.23. The number of aromatic nitrogens is 5. The van der Waals surface area contributed by atoms with Gasteiger partial charge in [-0.3, -0.25) is 24.2 Å². The fourth-order valence-electron chi connectivity index (χ4n) is 4.15. The Morgan fingerprint density at radius 1 is 0.875 bits per heavy atom. The monoisotopic (exact) mass is 557 g/mol. The number of nitrogens with zero attached hydrogens (tertiary/aromatic N) is 5. The van der Waals surface area contributed by atoms with Crippen LogP contribution in [0.25, 0.3) is 10.9 Å². The Bertz CT molecular complexity index is 1390. The fourth-order valence-corrected chi connectivity index (χ4v) is 4.15. The van der Waals surface area contributed by atoms with E-state index in [0.29, 0.717) is 11.3 Å². The number of hydrogen-bond acceptors (Lipinski definition) is 14. The Labute approximate surface area is 227 Å². The van der Waals surface area contributed by atoms with Crippen LogP contribution >= 0.6 is 0 Å². The van der Waals surface area contributed by atoms with Crippen molar-refractivity contribution in [3.8, 4) is 5.75 Å². The highest BCUT2D eigenvalue weighted by molar-refractivity contribution is 5.84. The van der Waals surface area contributed by atoms with Crippen molar-refractivity contribution in [1.29, 1.82) is 0 Å². The van der Waals surface area contributed by atoms with Crippen molar-refractivity contribution in [3.63, 3.8) is 0 Å². The molecule has 1 saturated heterocycles.